The number of nitrogens with zero attached hydrogens (tertiary/aromatic N) is 3. The molecule has 1 aromatic heterocycles. The van der Waals surface area contributed by atoms with E-state index in [0.29, 0.717) is 24.8 Å². The van der Waals surface area contributed by atoms with E-state index < -0.39 is 0 Å². The average Bonchev–Trinajstić information content (AvgIpc) is 3.32. The van der Waals surface area contributed by atoms with Crippen molar-refractivity contribution in [2.45, 2.75) is 58.4 Å². The van der Waals surface area contributed by atoms with Crippen LogP contribution in [0.3, 0.4) is 0 Å². The summed E-state index contributed by atoms with van der Waals surface area (Å²) in [6, 6.07) is 10.1. The number of hydrogen-bond donors (Lipinski definition) is 1. The van der Waals surface area contributed by atoms with Crippen molar-refractivity contribution < 1.29 is 4.79 Å². The van der Waals surface area contributed by atoms with Gasteiger partial charge in [-0.3, -0.25) is 4.79 Å². The summed E-state index contributed by atoms with van der Waals surface area (Å²) >= 11 is 0. The Morgan fingerprint density at radius 3 is 2.46 bits per heavy atom. The molecule has 0 unspecified atom stereocenters. The van der Waals surface area contributed by atoms with Gasteiger partial charge in [0, 0.05) is 31.0 Å². The fourth-order valence-electron chi connectivity index (χ4n) is 2.84. The molecule has 1 aliphatic rings. The Bertz CT molecular complexity index is 674. The van der Waals surface area contributed by atoms with Gasteiger partial charge in [-0.15, -0.1) is 10.2 Å². The van der Waals surface area contributed by atoms with Crippen molar-refractivity contribution in [3.05, 3.63) is 42.0 Å². The van der Waals surface area contributed by atoms with Crippen molar-refractivity contribution in [1.29, 1.82) is 0 Å². The molecule has 5 heteroatoms. The Kier molecular flexibility index (Phi) is 5.28. The van der Waals surface area contributed by atoms with Gasteiger partial charge in [-0.1, -0.05) is 32.0 Å². The molecule has 1 saturated carbocycles. The number of nitrogens with one attached hydrogen (secondary N) is 1. The van der Waals surface area contributed by atoms with Crippen molar-refractivity contribution in [3.63, 3.8) is 0 Å². The van der Waals surface area contributed by atoms with Crippen LogP contribution < -0.4 is 5.32 Å². The Hall–Kier alpha value is -2.17. The van der Waals surface area contributed by atoms with Gasteiger partial charge in [-0.05, 0) is 37.3 Å². The fraction of sp³-hybridized carbons (Fsp3) is 0.526. The van der Waals surface area contributed by atoms with Gasteiger partial charge in [-0.25, -0.2) is 0 Å². The van der Waals surface area contributed by atoms with Crippen LogP contribution in [0.25, 0.3) is 0 Å². The monoisotopic (exact) mass is 326 g/mol. The van der Waals surface area contributed by atoms with Gasteiger partial charge >= 0.3 is 0 Å². The summed E-state index contributed by atoms with van der Waals surface area (Å²) in [4.78, 5) is 12.1. The van der Waals surface area contributed by atoms with Crippen molar-refractivity contribution in [3.8, 4) is 0 Å². The lowest BCUT2D eigenvalue weighted by Crippen LogP contribution is -2.14. The summed E-state index contributed by atoms with van der Waals surface area (Å²) in [5, 5.41) is 11.7. The van der Waals surface area contributed by atoms with Crippen LogP contribution in [0, 0.1) is 5.92 Å². The molecule has 5 nitrogen and oxygen atoms in total. The molecule has 1 aliphatic carbocycles. The van der Waals surface area contributed by atoms with Crippen molar-refractivity contribution >= 4 is 11.6 Å². The van der Waals surface area contributed by atoms with Crippen LogP contribution in [0.15, 0.2) is 30.3 Å². The molecule has 0 bridgehead atoms. The van der Waals surface area contributed by atoms with Crippen LogP contribution in [0.5, 0.6) is 0 Å². The molecule has 2 aromatic rings. The van der Waals surface area contributed by atoms with Gasteiger partial charge in [-0.2, -0.15) is 0 Å². The maximum Gasteiger partial charge on any atom is 0.224 e. The number of hydrogen-bond acceptors (Lipinski definition) is 3. The highest BCUT2D eigenvalue weighted by molar-refractivity contribution is 5.90. The van der Waals surface area contributed by atoms with E-state index in [9.17, 15) is 4.79 Å². The minimum atomic E-state index is 0.0234. The molecular weight excluding hydrogens is 300 g/mol. The summed E-state index contributed by atoms with van der Waals surface area (Å²) in [6.45, 7) is 4.46. The lowest BCUT2D eigenvalue weighted by atomic mass is 10.1. The molecule has 128 valence electrons. The Morgan fingerprint density at radius 2 is 1.83 bits per heavy atom. The van der Waals surface area contributed by atoms with E-state index >= 15 is 0 Å². The Labute approximate surface area is 143 Å². The molecule has 3 rings (SSSR count). The molecule has 1 heterocycles. The van der Waals surface area contributed by atoms with E-state index in [2.05, 4.69) is 33.9 Å². The van der Waals surface area contributed by atoms with Gasteiger partial charge in [0.15, 0.2) is 0 Å². The van der Waals surface area contributed by atoms with Crippen LogP contribution in [0.1, 0.15) is 57.2 Å². The highest BCUT2D eigenvalue weighted by Gasteiger charge is 2.29. The number of anilines is 1. The SMILES string of the molecule is CC(C)CCc1nnc(CCC(=O)Nc2ccccc2)n1C1CC1. The quantitative estimate of drug-likeness (QED) is 0.803. The lowest BCUT2D eigenvalue weighted by Gasteiger charge is -2.10. The van der Waals surface area contributed by atoms with E-state index in [1.807, 2.05) is 30.3 Å². The zero-order chi connectivity index (χ0) is 16.9. The van der Waals surface area contributed by atoms with Crippen molar-refractivity contribution in [2.75, 3.05) is 5.32 Å². The van der Waals surface area contributed by atoms with E-state index in [-0.39, 0.29) is 5.91 Å². The maximum absolute atomic E-state index is 12.1. The molecule has 24 heavy (non-hydrogen) atoms. The van der Waals surface area contributed by atoms with Crippen LogP contribution in [0.2, 0.25) is 0 Å². The van der Waals surface area contributed by atoms with Crippen LogP contribution in [0.4, 0.5) is 5.69 Å². The summed E-state index contributed by atoms with van der Waals surface area (Å²) in [5.74, 6) is 2.73. The first-order valence-electron chi connectivity index (χ1n) is 8.91. The fourth-order valence-corrected chi connectivity index (χ4v) is 2.84. The average molecular weight is 326 g/mol. The number of amides is 1. The molecule has 0 saturated heterocycles. The first kappa shape index (κ1) is 16.7. The topological polar surface area (TPSA) is 59.8 Å². The third kappa shape index (κ3) is 4.43. The number of para-hydroxylation sites is 1. The molecule has 0 radical (unpaired) electrons. The van der Waals surface area contributed by atoms with Gasteiger partial charge in [0.25, 0.3) is 0 Å². The number of aromatic nitrogens is 3. The zero-order valence-corrected chi connectivity index (χ0v) is 14.5. The summed E-state index contributed by atoms with van der Waals surface area (Å²) in [6.07, 6.45) is 5.58. The molecule has 0 atom stereocenters. The molecule has 1 N–H and O–H groups in total. The minimum absolute atomic E-state index is 0.0234. The molecule has 1 aromatic carbocycles. The van der Waals surface area contributed by atoms with Gasteiger partial charge in [0.2, 0.25) is 5.91 Å². The summed E-state index contributed by atoms with van der Waals surface area (Å²) in [5.41, 5.74) is 0.837. The molecule has 1 fully saturated rings. The highest BCUT2D eigenvalue weighted by Crippen LogP contribution is 2.37. The number of carbonyl (C=O) groups is 1. The van der Waals surface area contributed by atoms with Crippen LogP contribution in [-0.2, 0) is 17.6 Å². The number of carbonyl (C=O) groups excluding carboxylic acids is 1. The third-order valence-corrected chi connectivity index (χ3v) is 4.33. The van der Waals surface area contributed by atoms with E-state index in [0.717, 1.165) is 30.2 Å². The molecule has 1 amide bonds. The van der Waals surface area contributed by atoms with Gasteiger partial charge in [0.1, 0.15) is 11.6 Å². The second-order valence-corrected chi connectivity index (χ2v) is 6.98. The van der Waals surface area contributed by atoms with Crippen LogP contribution >= 0.6 is 0 Å². The second-order valence-electron chi connectivity index (χ2n) is 6.98. The second kappa shape index (κ2) is 7.60. The largest absolute Gasteiger partial charge is 0.326 e. The van der Waals surface area contributed by atoms with Crippen molar-refractivity contribution in [1.82, 2.24) is 14.8 Å². The van der Waals surface area contributed by atoms with E-state index in [1.54, 1.807) is 0 Å². The number of aryl methyl sites for hydroxylation is 2. The predicted octanol–water partition coefficient (Wildman–Crippen LogP) is 3.77. The third-order valence-electron chi connectivity index (χ3n) is 4.33. The first-order valence-corrected chi connectivity index (χ1v) is 8.91. The molecule has 0 aliphatic heterocycles. The van der Waals surface area contributed by atoms with Gasteiger partial charge in [0.05, 0.1) is 0 Å². The van der Waals surface area contributed by atoms with E-state index in [1.165, 1.54) is 12.8 Å². The number of rotatable bonds is 8. The van der Waals surface area contributed by atoms with Gasteiger partial charge < -0.3 is 9.88 Å². The highest BCUT2D eigenvalue weighted by atomic mass is 16.1. The lowest BCUT2D eigenvalue weighted by molar-refractivity contribution is -0.116. The number of benzene rings is 1. The van der Waals surface area contributed by atoms with Crippen LogP contribution in [-0.4, -0.2) is 20.7 Å². The maximum atomic E-state index is 12.1. The predicted molar refractivity (Wildman–Crippen MR) is 94.8 cm³/mol. The zero-order valence-electron chi connectivity index (χ0n) is 14.5. The Balaban J connectivity index is 1.59. The summed E-state index contributed by atoms with van der Waals surface area (Å²) in [7, 11) is 0. The normalized spacial score (nSPS) is 14.1. The summed E-state index contributed by atoms with van der Waals surface area (Å²) < 4.78 is 2.29. The standard InChI is InChI=1S/C19H26N4O/c1-14(2)8-11-17-21-22-18(23(17)16-9-10-16)12-13-19(24)20-15-6-4-3-5-7-15/h3-7,14,16H,8-13H2,1-2H3,(H,20,24). The first-order chi connectivity index (χ1) is 11.6. The minimum Gasteiger partial charge on any atom is -0.326 e. The van der Waals surface area contributed by atoms with Crippen molar-refractivity contribution in [2.24, 2.45) is 5.92 Å². The Morgan fingerprint density at radius 1 is 1.17 bits per heavy atom. The smallest absolute Gasteiger partial charge is 0.224 e. The molecular formula is C19H26N4O. The molecule has 0 spiro atoms. The van der Waals surface area contributed by atoms with E-state index in [4.69, 9.17) is 0 Å².